The summed E-state index contributed by atoms with van der Waals surface area (Å²) in [5, 5.41) is 10.9. The fourth-order valence-corrected chi connectivity index (χ4v) is 2.45. The Bertz CT molecular complexity index is 758. The first kappa shape index (κ1) is 14.1. The molecule has 112 valence electrons. The van der Waals surface area contributed by atoms with Crippen LogP contribution in [0.5, 0.6) is 5.75 Å². The molecule has 0 atom stereocenters. The van der Waals surface area contributed by atoms with Crippen LogP contribution >= 0.6 is 0 Å². The van der Waals surface area contributed by atoms with Crippen LogP contribution in [0.2, 0.25) is 0 Å². The Kier molecular flexibility index (Phi) is 3.50. The van der Waals surface area contributed by atoms with E-state index in [0.717, 1.165) is 5.56 Å². The van der Waals surface area contributed by atoms with Crippen LogP contribution in [-0.2, 0) is 0 Å². The van der Waals surface area contributed by atoms with Crippen molar-refractivity contribution in [3.63, 3.8) is 0 Å². The van der Waals surface area contributed by atoms with Crippen molar-refractivity contribution in [1.29, 1.82) is 0 Å². The van der Waals surface area contributed by atoms with Gasteiger partial charge < -0.3 is 9.64 Å². The van der Waals surface area contributed by atoms with Crippen molar-refractivity contribution < 1.29 is 14.5 Å². The first-order chi connectivity index (χ1) is 10.6. The third-order valence-corrected chi connectivity index (χ3v) is 3.53. The lowest BCUT2D eigenvalue weighted by molar-refractivity contribution is -0.384. The smallest absolute Gasteiger partial charge is 0.270 e. The molecule has 0 unspecified atom stereocenters. The normalized spacial score (nSPS) is 13.2. The number of nitrogens with zero attached hydrogens (tertiary/aromatic N) is 2. The van der Waals surface area contributed by atoms with Gasteiger partial charge in [-0.3, -0.25) is 14.9 Å². The van der Waals surface area contributed by atoms with E-state index in [4.69, 9.17) is 4.74 Å². The van der Waals surface area contributed by atoms with E-state index in [9.17, 15) is 14.9 Å². The van der Waals surface area contributed by atoms with Gasteiger partial charge in [0.1, 0.15) is 12.4 Å². The summed E-state index contributed by atoms with van der Waals surface area (Å²) < 4.78 is 5.55. The molecule has 1 heterocycles. The zero-order chi connectivity index (χ0) is 15.7. The summed E-state index contributed by atoms with van der Waals surface area (Å²) in [6.07, 6.45) is 0. The van der Waals surface area contributed by atoms with E-state index in [1.165, 1.54) is 18.2 Å². The highest BCUT2D eigenvalue weighted by Gasteiger charge is 2.25. The molecule has 2 aromatic rings. The van der Waals surface area contributed by atoms with Crippen LogP contribution in [0.1, 0.15) is 15.9 Å². The highest BCUT2D eigenvalue weighted by atomic mass is 16.6. The first-order valence-electron chi connectivity index (χ1n) is 6.86. The molecule has 0 fully saturated rings. The summed E-state index contributed by atoms with van der Waals surface area (Å²) in [5.74, 6) is 0.384. The standard InChI is InChI=1S/C16H14N2O4/c1-11-5-6-15-14(9-11)17(7-8-22-15)16(19)12-3-2-4-13(10-12)18(20)21/h2-6,9-10H,7-8H2,1H3. The molecule has 0 N–H and O–H groups in total. The summed E-state index contributed by atoms with van der Waals surface area (Å²) in [4.78, 5) is 24.6. The quantitative estimate of drug-likeness (QED) is 0.631. The van der Waals surface area contributed by atoms with Crippen molar-refractivity contribution in [1.82, 2.24) is 0 Å². The van der Waals surface area contributed by atoms with Crippen LogP contribution in [0.15, 0.2) is 42.5 Å². The Labute approximate surface area is 127 Å². The molecule has 0 bridgehead atoms. The maximum absolute atomic E-state index is 12.7. The molecule has 22 heavy (non-hydrogen) atoms. The summed E-state index contributed by atoms with van der Waals surface area (Å²) >= 11 is 0. The highest BCUT2D eigenvalue weighted by molar-refractivity contribution is 6.07. The Morgan fingerprint density at radius 3 is 2.86 bits per heavy atom. The molecule has 0 radical (unpaired) electrons. The minimum Gasteiger partial charge on any atom is -0.490 e. The molecule has 0 saturated heterocycles. The molecule has 1 aliphatic rings. The molecule has 0 spiro atoms. The maximum atomic E-state index is 12.7. The number of carbonyl (C=O) groups is 1. The van der Waals surface area contributed by atoms with Crippen LogP contribution in [0.4, 0.5) is 11.4 Å². The predicted octanol–water partition coefficient (Wildman–Crippen LogP) is 2.94. The van der Waals surface area contributed by atoms with Gasteiger partial charge in [0.25, 0.3) is 11.6 Å². The number of non-ortho nitro benzene ring substituents is 1. The number of benzene rings is 2. The van der Waals surface area contributed by atoms with Gasteiger partial charge in [-0.15, -0.1) is 0 Å². The van der Waals surface area contributed by atoms with E-state index in [-0.39, 0.29) is 11.6 Å². The second kappa shape index (κ2) is 5.48. The van der Waals surface area contributed by atoms with Gasteiger partial charge >= 0.3 is 0 Å². The number of nitro benzene ring substituents is 1. The number of aryl methyl sites for hydroxylation is 1. The molecule has 3 rings (SSSR count). The number of hydrogen-bond donors (Lipinski definition) is 0. The molecule has 6 heteroatoms. The van der Waals surface area contributed by atoms with E-state index in [2.05, 4.69) is 0 Å². The van der Waals surface area contributed by atoms with Gasteiger partial charge in [-0.2, -0.15) is 0 Å². The fourth-order valence-electron chi connectivity index (χ4n) is 2.45. The molecule has 2 aromatic carbocycles. The van der Waals surface area contributed by atoms with E-state index in [0.29, 0.717) is 30.2 Å². The molecule has 0 aromatic heterocycles. The number of rotatable bonds is 2. The average Bonchev–Trinajstić information content (AvgIpc) is 2.53. The van der Waals surface area contributed by atoms with E-state index in [1.54, 1.807) is 11.0 Å². The second-order valence-corrected chi connectivity index (χ2v) is 5.08. The van der Waals surface area contributed by atoms with Gasteiger partial charge in [-0.1, -0.05) is 12.1 Å². The zero-order valence-electron chi connectivity index (χ0n) is 12.0. The molecule has 0 aliphatic carbocycles. The molecular formula is C16H14N2O4. The minimum absolute atomic E-state index is 0.0939. The van der Waals surface area contributed by atoms with Gasteiger partial charge in [0.15, 0.2) is 0 Å². The molecule has 0 saturated carbocycles. The van der Waals surface area contributed by atoms with Gasteiger partial charge in [-0.05, 0) is 30.7 Å². The van der Waals surface area contributed by atoms with Crippen LogP contribution < -0.4 is 9.64 Å². The minimum atomic E-state index is -0.506. The van der Waals surface area contributed by atoms with E-state index in [1.807, 2.05) is 25.1 Å². The zero-order valence-corrected chi connectivity index (χ0v) is 12.0. The number of fused-ring (bicyclic) bond motifs is 1. The van der Waals surface area contributed by atoms with Gasteiger partial charge in [0, 0.05) is 17.7 Å². The van der Waals surface area contributed by atoms with Crippen molar-refractivity contribution in [3.05, 3.63) is 63.7 Å². The predicted molar refractivity (Wildman–Crippen MR) is 81.4 cm³/mol. The topological polar surface area (TPSA) is 72.7 Å². The largest absolute Gasteiger partial charge is 0.490 e. The van der Waals surface area contributed by atoms with Crippen molar-refractivity contribution in [2.24, 2.45) is 0 Å². The van der Waals surface area contributed by atoms with Crippen LogP contribution in [0, 0.1) is 17.0 Å². The summed E-state index contributed by atoms with van der Waals surface area (Å²) in [6, 6.07) is 11.4. The Hall–Kier alpha value is -2.89. The lowest BCUT2D eigenvalue weighted by atomic mass is 10.1. The molecule has 1 aliphatic heterocycles. The molecule has 6 nitrogen and oxygen atoms in total. The van der Waals surface area contributed by atoms with Crippen LogP contribution in [-0.4, -0.2) is 24.0 Å². The summed E-state index contributed by atoms with van der Waals surface area (Å²) in [7, 11) is 0. The third-order valence-electron chi connectivity index (χ3n) is 3.53. The number of anilines is 1. The van der Waals surface area contributed by atoms with E-state index >= 15 is 0 Å². The fraction of sp³-hybridized carbons (Fsp3) is 0.188. The van der Waals surface area contributed by atoms with Crippen molar-refractivity contribution in [2.75, 3.05) is 18.1 Å². The Morgan fingerprint density at radius 1 is 1.27 bits per heavy atom. The van der Waals surface area contributed by atoms with Crippen LogP contribution in [0.3, 0.4) is 0 Å². The lowest BCUT2D eigenvalue weighted by Gasteiger charge is -2.29. The number of ether oxygens (including phenoxy) is 1. The second-order valence-electron chi connectivity index (χ2n) is 5.08. The number of amides is 1. The van der Waals surface area contributed by atoms with Gasteiger partial charge in [-0.25, -0.2) is 0 Å². The van der Waals surface area contributed by atoms with Crippen molar-refractivity contribution in [2.45, 2.75) is 6.92 Å². The Morgan fingerprint density at radius 2 is 2.09 bits per heavy atom. The van der Waals surface area contributed by atoms with Crippen molar-refractivity contribution in [3.8, 4) is 5.75 Å². The van der Waals surface area contributed by atoms with Crippen molar-refractivity contribution >= 4 is 17.3 Å². The third kappa shape index (κ3) is 2.50. The van der Waals surface area contributed by atoms with E-state index < -0.39 is 4.92 Å². The van der Waals surface area contributed by atoms with Gasteiger partial charge in [0.05, 0.1) is 17.2 Å². The lowest BCUT2D eigenvalue weighted by Crippen LogP contribution is -2.38. The number of nitro groups is 1. The molecular weight excluding hydrogens is 284 g/mol. The summed E-state index contributed by atoms with van der Waals surface area (Å²) in [5.41, 5.74) is 1.91. The summed E-state index contributed by atoms with van der Waals surface area (Å²) in [6.45, 7) is 2.75. The Balaban J connectivity index is 1.99. The first-order valence-corrected chi connectivity index (χ1v) is 6.86. The highest BCUT2D eigenvalue weighted by Crippen LogP contribution is 2.33. The maximum Gasteiger partial charge on any atom is 0.270 e. The monoisotopic (exact) mass is 298 g/mol. The average molecular weight is 298 g/mol. The molecule has 1 amide bonds. The SMILES string of the molecule is Cc1ccc2c(c1)N(C(=O)c1cccc([N+](=O)[O-])c1)CCO2. The van der Waals surface area contributed by atoms with Crippen LogP contribution in [0.25, 0.3) is 0 Å². The van der Waals surface area contributed by atoms with Gasteiger partial charge in [0.2, 0.25) is 0 Å². The number of carbonyl (C=O) groups excluding carboxylic acids is 1. The number of hydrogen-bond acceptors (Lipinski definition) is 4.